The minimum Gasteiger partial charge on any atom is -0.481 e. The van der Waals surface area contributed by atoms with Crippen LogP contribution in [-0.4, -0.2) is 35.6 Å². The van der Waals surface area contributed by atoms with Gasteiger partial charge in [0.1, 0.15) is 0 Å². The fraction of sp³-hybridized carbons (Fsp3) is 0.533. The number of likely N-dealkylation sites (N-methyl/N-ethyl adjacent to an activating group) is 1. The number of aliphatic carboxylic acids is 1. The Bertz CT molecular complexity index is 375. The molecule has 0 amide bonds. The fourth-order valence-electron chi connectivity index (χ4n) is 1.97. The molecule has 0 saturated carbocycles. The highest BCUT2D eigenvalue weighted by molar-refractivity contribution is 5.76. The van der Waals surface area contributed by atoms with Gasteiger partial charge >= 0.3 is 5.97 Å². The molecule has 0 bridgehead atoms. The molecular formula is C15H23NO2. The van der Waals surface area contributed by atoms with Gasteiger partial charge in [-0.3, -0.25) is 4.79 Å². The summed E-state index contributed by atoms with van der Waals surface area (Å²) in [5, 5.41) is 9.37. The molecule has 1 N–H and O–H groups in total. The van der Waals surface area contributed by atoms with Crippen LogP contribution in [0.1, 0.15) is 32.3 Å². The van der Waals surface area contributed by atoms with Gasteiger partial charge in [0.2, 0.25) is 0 Å². The predicted octanol–water partition coefficient (Wildman–Crippen LogP) is 2.83. The Morgan fingerprint density at radius 1 is 1.22 bits per heavy atom. The second-order valence-electron chi connectivity index (χ2n) is 5.23. The van der Waals surface area contributed by atoms with Crippen LogP contribution in [0.4, 0.5) is 0 Å². The Hall–Kier alpha value is -1.35. The number of hydrogen-bond donors (Lipinski definition) is 1. The Labute approximate surface area is 109 Å². The van der Waals surface area contributed by atoms with E-state index in [1.807, 2.05) is 37.4 Å². The summed E-state index contributed by atoms with van der Waals surface area (Å²) in [6, 6.07) is 9.81. The number of carboxylic acids is 1. The van der Waals surface area contributed by atoms with Gasteiger partial charge in [0.15, 0.2) is 0 Å². The van der Waals surface area contributed by atoms with Crippen LogP contribution >= 0.6 is 0 Å². The first-order chi connectivity index (χ1) is 8.43. The summed E-state index contributed by atoms with van der Waals surface area (Å²) >= 11 is 0. The number of rotatable bonds is 6. The Kier molecular flexibility index (Phi) is 5.35. The molecule has 0 aromatic heterocycles. The molecule has 0 spiro atoms. The molecule has 1 aromatic rings. The molecule has 0 fully saturated rings. The van der Waals surface area contributed by atoms with Crippen molar-refractivity contribution in [3.05, 3.63) is 35.9 Å². The second-order valence-corrected chi connectivity index (χ2v) is 5.23. The first-order valence-electron chi connectivity index (χ1n) is 6.41. The van der Waals surface area contributed by atoms with Crippen molar-refractivity contribution in [2.24, 2.45) is 5.92 Å². The number of carbonyl (C=O) groups is 1. The molecule has 1 aromatic carbocycles. The zero-order valence-electron chi connectivity index (χ0n) is 11.6. The lowest BCUT2D eigenvalue weighted by molar-refractivity contribution is -0.139. The molecule has 2 atom stereocenters. The van der Waals surface area contributed by atoms with Crippen molar-refractivity contribution in [1.82, 2.24) is 4.90 Å². The summed E-state index contributed by atoms with van der Waals surface area (Å²) in [5.41, 5.74) is 0.868. The monoisotopic (exact) mass is 249 g/mol. The van der Waals surface area contributed by atoms with Crippen LogP contribution < -0.4 is 0 Å². The van der Waals surface area contributed by atoms with Crippen LogP contribution in [0, 0.1) is 5.92 Å². The van der Waals surface area contributed by atoms with Gasteiger partial charge in [-0.25, -0.2) is 0 Å². The predicted molar refractivity (Wildman–Crippen MR) is 73.7 cm³/mol. The van der Waals surface area contributed by atoms with Crippen LogP contribution in [0.25, 0.3) is 0 Å². The van der Waals surface area contributed by atoms with Crippen molar-refractivity contribution in [3.63, 3.8) is 0 Å². The lowest BCUT2D eigenvalue weighted by Crippen LogP contribution is -2.38. The van der Waals surface area contributed by atoms with E-state index in [2.05, 4.69) is 25.7 Å². The lowest BCUT2D eigenvalue weighted by atomic mass is 9.97. The molecule has 3 heteroatoms. The number of carboxylic acid groups (broad SMARTS) is 1. The van der Waals surface area contributed by atoms with Gasteiger partial charge in [-0.2, -0.15) is 0 Å². The summed E-state index contributed by atoms with van der Waals surface area (Å²) in [7, 11) is 1.99. The molecule has 0 aliphatic heterocycles. The minimum absolute atomic E-state index is 0.371. The van der Waals surface area contributed by atoms with E-state index in [1.54, 1.807) is 0 Å². The molecule has 1 rings (SSSR count). The average Bonchev–Trinajstić information content (AvgIpc) is 2.35. The van der Waals surface area contributed by atoms with Gasteiger partial charge in [0.25, 0.3) is 0 Å². The smallest absolute Gasteiger partial charge is 0.312 e. The zero-order valence-corrected chi connectivity index (χ0v) is 11.6. The van der Waals surface area contributed by atoms with Crippen LogP contribution in [0.3, 0.4) is 0 Å². The van der Waals surface area contributed by atoms with E-state index in [4.69, 9.17) is 0 Å². The fourth-order valence-corrected chi connectivity index (χ4v) is 1.97. The molecule has 0 aliphatic carbocycles. The van der Waals surface area contributed by atoms with Crippen LogP contribution in [0.2, 0.25) is 0 Å². The summed E-state index contributed by atoms with van der Waals surface area (Å²) in [6.45, 7) is 6.98. The normalized spacial score (nSPS) is 14.8. The molecular weight excluding hydrogens is 226 g/mol. The Balaban J connectivity index is 2.79. The maximum Gasteiger partial charge on any atom is 0.312 e. The summed E-state index contributed by atoms with van der Waals surface area (Å²) in [4.78, 5) is 13.5. The highest BCUT2D eigenvalue weighted by Crippen LogP contribution is 2.19. The van der Waals surface area contributed by atoms with Crippen molar-refractivity contribution < 1.29 is 9.90 Å². The SMILES string of the molecule is CC(C)C(C)N(C)CC(C(=O)O)c1ccccc1. The van der Waals surface area contributed by atoms with E-state index in [-0.39, 0.29) is 0 Å². The van der Waals surface area contributed by atoms with Crippen molar-refractivity contribution in [3.8, 4) is 0 Å². The summed E-state index contributed by atoms with van der Waals surface area (Å²) in [5.74, 6) is -0.707. The van der Waals surface area contributed by atoms with Gasteiger partial charge in [-0.05, 0) is 25.5 Å². The molecule has 100 valence electrons. The van der Waals surface area contributed by atoms with Gasteiger partial charge in [-0.15, -0.1) is 0 Å². The molecule has 0 saturated heterocycles. The molecule has 2 unspecified atom stereocenters. The standard InChI is InChI=1S/C15H23NO2/c1-11(2)12(3)16(4)10-14(15(17)18)13-8-6-5-7-9-13/h5-9,11-12,14H,10H2,1-4H3,(H,17,18). The first kappa shape index (κ1) is 14.7. The summed E-state index contributed by atoms with van der Waals surface area (Å²) in [6.07, 6.45) is 0. The lowest BCUT2D eigenvalue weighted by Gasteiger charge is -2.30. The van der Waals surface area contributed by atoms with E-state index in [1.165, 1.54) is 0 Å². The summed E-state index contributed by atoms with van der Waals surface area (Å²) < 4.78 is 0. The highest BCUT2D eigenvalue weighted by atomic mass is 16.4. The molecule has 0 radical (unpaired) electrons. The van der Waals surface area contributed by atoms with Crippen molar-refractivity contribution in [2.75, 3.05) is 13.6 Å². The van der Waals surface area contributed by atoms with Gasteiger partial charge in [0, 0.05) is 12.6 Å². The minimum atomic E-state index is -0.760. The zero-order chi connectivity index (χ0) is 13.7. The second kappa shape index (κ2) is 6.55. The van der Waals surface area contributed by atoms with E-state index < -0.39 is 11.9 Å². The van der Waals surface area contributed by atoms with E-state index in [0.717, 1.165) is 5.56 Å². The molecule has 18 heavy (non-hydrogen) atoms. The number of hydrogen-bond acceptors (Lipinski definition) is 2. The average molecular weight is 249 g/mol. The number of benzene rings is 1. The maximum absolute atomic E-state index is 11.4. The molecule has 0 aliphatic rings. The third-order valence-corrected chi connectivity index (χ3v) is 3.63. The molecule has 0 heterocycles. The Morgan fingerprint density at radius 3 is 2.22 bits per heavy atom. The van der Waals surface area contributed by atoms with Gasteiger partial charge in [-0.1, -0.05) is 44.2 Å². The van der Waals surface area contributed by atoms with Crippen molar-refractivity contribution >= 4 is 5.97 Å². The van der Waals surface area contributed by atoms with Gasteiger partial charge in [0.05, 0.1) is 5.92 Å². The topological polar surface area (TPSA) is 40.5 Å². The Morgan fingerprint density at radius 2 is 1.78 bits per heavy atom. The number of nitrogens with zero attached hydrogens (tertiary/aromatic N) is 1. The van der Waals surface area contributed by atoms with Crippen LogP contribution in [-0.2, 0) is 4.79 Å². The van der Waals surface area contributed by atoms with Crippen LogP contribution in [0.5, 0.6) is 0 Å². The highest BCUT2D eigenvalue weighted by Gasteiger charge is 2.24. The first-order valence-corrected chi connectivity index (χ1v) is 6.41. The molecule has 3 nitrogen and oxygen atoms in total. The van der Waals surface area contributed by atoms with Crippen molar-refractivity contribution in [2.45, 2.75) is 32.7 Å². The largest absolute Gasteiger partial charge is 0.481 e. The maximum atomic E-state index is 11.4. The van der Waals surface area contributed by atoms with E-state index in [9.17, 15) is 9.90 Å². The van der Waals surface area contributed by atoms with E-state index in [0.29, 0.717) is 18.5 Å². The van der Waals surface area contributed by atoms with Gasteiger partial charge < -0.3 is 10.0 Å². The third-order valence-electron chi connectivity index (χ3n) is 3.63. The van der Waals surface area contributed by atoms with E-state index >= 15 is 0 Å². The third kappa shape index (κ3) is 3.84. The van der Waals surface area contributed by atoms with Crippen molar-refractivity contribution in [1.29, 1.82) is 0 Å². The quantitative estimate of drug-likeness (QED) is 0.842. The van der Waals surface area contributed by atoms with Crippen LogP contribution in [0.15, 0.2) is 30.3 Å².